The van der Waals surface area contributed by atoms with Gasteiger partial charge in [-0.15, -0.1) is 0 Å². The summed E-state index contributed by atoms with van der Waals surface area (Å²) in [4.78, 5) is 19.7. The summed E-state index contributed by atoms with van der Waals surface area (Å²) in [6.07, 6.45) is 4.66. The highest BCUT2D eigenvalue weighted by Gasteiger charge is 2.36. The molecule has 4 rings (SSSR count). The molecule has 130 valence electrons. The maximum Gasteiger partial charge on any atom is 0.225 e. The molecule has 2 aliphatic heterocycles. The van der Waals surface area contributed by atoms with Gasteiger partial charge in [-0.3, -0.25) is 9.69 Å². The minimum Gasteiger partial charge on any atom is -0.369 e. The van der Waals surface area contributed by atoms with E-state index in [4.69, 9.17) is 0 Å². The summed E-state index contributed by atoms with van der Waals surface area (Å²) in [5, 5.41) is 0. The number of anilines is 1. The summed E-state index contributed by atoms with van der Waals surface area (Å²) in [6, 6.07) is 9.26. The molecule has 3 fully saturated rings. The van der Waals surface area contributed by atoms with Crippen LogP contribution in [0.1, 0.15) is 31.2 Å². The second-order valence-corrected chi connectivity index (χ2v) is 7.66. The summed E-state index contributed by atoms with van der Waals surface area (Å²) in [5.74, 6) is 0.792. The molecule has 4 heteroatoms. The smallest absolute Gasteiger partial charge is 0.225 e. The fraction of sp³-hybridized carbons (Fsp3) is 0.650. The molecule has 0 aromatic heterocycles. The molecule has 1 aromatic rings. The molecule has 0 spiro atoms. The molecule has 1 saturated carbocycles. The fourth-order valence-electron chi connectivity index (χ4n) is 4.29. The number of para-hydroxylation sites is 1. The van der Waals surface area contributed by atoms with Crippen LogP contribution in [0.4, 0.5) is 5.69 Å². The predicted molar refractivity (Wildman–Crippen MR) is 97.3 cm³/mol. The average Bonchev–Trinajstić information content (AvgIpc) is 3.47. The van der Waals surface area contributed by atoms with Gasteiger partial charge >= 0.3 is 0 Å². The van der Waals surface area contributed by atoms with Crippen LogP contribution < -0.4 is 4.90 Å². The summed E-state index contributed by atoms with van der Waals surface area (Å²) < 4.78 is 0. The number of benzene rings is 1. The van der Waals surface area contributed by atoms with Gasteiger partial charge in [0, 0.05) is 56.9 Å². The maximum absolute atomic E-state index is 12.4. The summed E-state index contributed by atoms with van der Waals surface area (Å²) in [7, 11) is 0. The van der Waals surface area contributed by atoms with Crippen molar-refractivity contribution in [2.45, 2.75) is 38.6 Å². The van der Waals surface area contributed by atoms with Gasteiger partial charge in [0.05, 0.1) is 0 Å². The largest absolute Gasteiger partial charge is 0.369 e. The van der Waals surface area contributed by atoms with Gasteiger partial charge in [-0.05, 0) is 44.2 Å². The summed E-state index contributed by atoms with van der Waals surface area (Å²) in [5.41, 5.74) is 2.75. The fourth-order valence-corrected chi connectivity index (χ4v) is 4.29. The zero-order valence-corrected chi connectivity index (χ0v) is 14.8. The Bertz CT molecular complexity index is 590. The maximum atomic E-state index is 12.4. The first-order chi connectivity index (χ1) is 11.7. The van der Waals surface area contributed by atoms with Crippen LogP contribution in [0.25, 0.3) is 0 Å². The van der Waals surface area contributed by atoms with Gasteiger partial charge in [0.25, 0.3) is 0 Å². The molecule has 1 aliphatic carbocycles. The van der Waals surface area contributed by atoms with Crippen LogP contribution in [-0.2, 0) is 4.79 Å². The molecular formula is C20H29N3O. The predicted octanol–water partition coefficient (Wildman–Crippen LogP) is 2.52. The molecular weight excluding hydrogens is 298 g/mol. The van der Waals surface area contributed by atoms with E-state index in [1.807, 2.05) is 0 Å². The van der Waals surface area contributed by atoms with E-state index >= 15 is 0 Å². The van der Waals surface area contributed by atoms with Crippen LogP contribution in [0.15, 0.2) is 24.3 Å². The minimum absolute atomic E-state index is 0.363. The van der Waals surface area contributed by atoms with Crippen LogP contribution in [0.5, 0.6) is 0 Å². The quantitative estimate of drug-likeness (QED) is 0.853. The van der Waals surface area contributed by atoms with Gasteiger partial charge in [0.15, 0.2) is 0 Å². The zero-order valence-electron chi connectivity index (χ0n) is 14.8. The molecule has 1 atom stereocenters. The summed E-state index contributed by atoms with van der Waals surface area (Å²) in [6.45, 7) is 8.56. The number of aryl methyl sites for hydroxylation is 1. The molecule has 2 heterocycles. The third-order valence-corrected chi connectivity index (χ3v) is 5.92. The number of carbonyl (C=O) groups is 1. The molecule has 3 aliphatic rings. The van der Waals surface area contributed by atoms with Crippen LogP contribution in [0.2, 0.25) is 0 Å². The normalized spacial score (nSPS) is 25.8. The van der Waals surface area contributed by atoms with Crippen LogP contribution >= 0.6 is 0 Å². The highest BCUT2D eigenvalue weighted by atomic mass is 16.2. The number of piperidine rings is 1. The first-order valence-corrected chi connectivity index (χ1v) is 9.56. The van der Waals surface area contributed by atoms with Crippen molar-refractivity contribution >= 4 is 11.6 Å². The lowest BCUT2D eigenvalue weighted by atomic mass is 10.0. The Morgan fingerprint density at radius 1 is 1.00 bits per heavy atom. The zero-order chi connectivity index (χ0) is 16.5. The van der Waals surface area contributed by atoms with Crippen LogP contribution in [0.3, 0.4) is 0 Å². The van der Waals surface area contributed by atoms with Gasteiger partial charge < -0.3 is 9.80 Å². The number of piperazine rings is 1. The lowest BCUT2D eigenvalue weighted by Gasteiger charge is -2.44. The molecule has 4 nitrogen and oxygen atoms in total. The van der Waals surface area contributed by atoms with Crippen LogP contribution in [0, 0.1) is 12.8 Å². The Hall–Kier alpha value is -1.55. The number of carbonyl (C=O) groups excluding carboxylic acids is 1. The Kier molecular flexibility index (Phi) is 4.49. The average molecular weight is 327 g/mol. The molecule has 2 saturated heterocycles. The van der Waals surface area contributed by atoms with Crippen LogP contribution in [-0.4, -0.2) is 61.0 Å². The second kappa shape index (κ2) is 6.75. The molecule has 1 aromatic carbocycles. The lowest BCUT2D eigenvalue weighted by Crippen LogP contribution is -2.56. The van der Waals surface area contributed by atoms with E-state index in [1.165, 1.54) is 24.1 Å². The van der Waals surface area contributed by atoms with E-state index in [9.17, 15) is 4.79 Å². The van der Waals surface area contributed by atoms with E-state index in [1.54, 1.807) is 0 Å². The van der Waals surface area contributed by atoms with E-state index in [0.29, 0.717) is 17.9 Å². The van der Waals surface area contributed by atoms with E-state index < -0.39 is 0 Å². The van der Waals surface area contributed by atoms with Crippen molar-refractivity contribution in [3.05, 3.63) is 29.8 Å². The van der Waals surface area contributed by atoms with Crippen molar-refractivity contribution < 1.29 is 4.79 Å². The number of hydrogen-bond donors (Lipinski definition) is 0. The van der Waals surface area contributed by atoms with Gasteiger partial charge in [-0.25, -0.2) is 0 Å². The molecule has 0 radical (unpaired) electrons. The highest BCUT2D eigenvalue weighted by Crippen LogP contribution is 2.32. The first kappa shape index (κ1) is 15.9. The van der Waals surface area contributed by atoms with Crippen molar-refractivity contribution in [2.24, 2.45) is 5.92 Å². The molecule has 0 bridgehead atoms. The van der Waals surface area contributed by atoms with E-state index in [0.717, 1.165) is 52.1 Å². The highest BCUT2D eigenvalue weighted by molar-refractivity contribution is 5.81. The van der Waals surface area contributed by atoms with Gasteiger partial charge in [0.2, 0.25) is 5.91 Å². The number of hydrogen-bond acceptors (Lipinski definition) is 3. The number of amides is 1. The van der Waals surface area contributed by atoms with Crippen molar-refractivity contribution in [3.63, 3.8) is 0 Å². The van der Waals surface area contributed by atoms with Crippen molar-refractivity contribution in [1.29, 1.82) is 0 Å². The SMILES string of the molecule is Cc1ccccc1N1CCN(C2CCCN(C(=O)C3CC3)C2)CC1. The van der Waals surface area contributed by atoms with Gasteiger partial charge in [0.1, 0.15) is 0 Å². The van der Waals surface area contributed by atoms with Gasteiger partial charge in [-0.1, -0.05) is 18.2 Å². The Morgan fingerprint density at radius 2 is 1.75 bits per heavy atom. The Labute approximate surface area is 145 Å². The van der Waals surface area contributed by atoms with Crippen molar-refractivity contribution in [3.8, 4) is 0 Å². The lowest BCUT2D eigenvalue weighted by molar-refractivity contribution is -0.134. The van der Waals surface area contributed by atoms with Crippen molar-refractivity contribution in [2.75, 3.05) is 44.2 Å². The number of nitrogens with zero attached hydrogens (tertiary/aromatic N) is 3. The Balaban J connectivity index is 1.33. The third kappa shape index (κ3) is 3.30. The Morgan fingerprint density at radius 3 is 2.46 bits per heavy atom. The first-order valence-electron chi connectivity index (χ1n) is 9.56. The molecule has 1 amide bonds. The number of rotatable bonds is 3. The second-order valence-electron chi connectivity index (χ2n) is 7.66. The standard InChI is InChI=1S/C20H29N3O/c1-16-5-2-3-7-19(16)22-13-11-21(12-14-22)18-6-4-10-23(15-18)20(24)17-8-9-17/h2-3,5,7,17-18H,4,6,8-15H2,1H3. The number of likely N-dealkylation sites (tertiary alicyclic amines) is 1. The van der Waals surface area contributed by atoms with Crippen molar-refractivity contribution in [1.82, 2.24) is 9.80 Å². The summed E-state index contributed by atoms with van der Waals surface area (Å²) >= 11 is 0. The van der Waals surface area contributed by atoms with E-state index in [-0.39, 0.29) is 0 Å². The molecule has 24 heavy (non-hydrogen) atoms. The monoisotopic (exact) mass is 327 g/mol. The topological polar surface area (TPSA) is 26.8 Å². The minimum atomic E-state index is 0.363. The van der Waals surface area contributed by atoms with E-state index in [2.05, 4.69) is 45.9 Å². The molecule has 1 unspecified atom stereocenters. The molecule has 0 N–H and O–H groups in total. The third-order valence-electron chi connectivity index (χ3n) is 5.92. The van der Waals surface area contributed by atoms with Gasteiger partial charge in [-0.2, -0.15) is 0 Å².